The Morgan fingerprint density at radius 1 is 1.33 bits per heavy atom. The van der Waals surface area contributed by atoms with Gasteiger partial charge < -0.3 is 4.98 Å². The number of para-hydroxylation sites is 2. The normalized spacial score (nSPS) is 14.5. The Kier molecular flexibility index (Phi) is 3.41. The SMILES string of the molecule is CC(C(=O)Nc1nc2ccccc2[nH]1)n1nc2c(cc1=O)CCC2. The third-order valence-electron chi connectivity index (χ3n) is 4.36. The Morgan fingerprint density at radius 2 is 2.17 bits per heavy atom. The second-order valence-corrected chi connectivity index (χ2v) is 6.02. The molecule has 0 saturated carbocycles. The number of aromatic nitrogens is 4. The van der Waals surface area contributed by atoms with Gasteiger partial charge in [-0.2, -0.15) is 5.10 Å². The molecule has 1 atom stereocenters. The summed E-state index contributed by atoms with van der Waals surface area (Å²) in [4.78, 5) is 32.0. The van der Waals surface area contributed by atoms with Crippen LogP contribution in [0, 0.1) is 0 Å². The van der Waals surface area contributed by atoms with E-state index in [2.05, 4.69) is 20.4 Å². The molecule has 24 heavy (non-hydrogen) atoms. The van der Waals surface area contributed by atoms with Crippen molar-refractivity contribution in [2.75, 3.05) is 5.32 Å². The molecule has 0 spiro atoms. The van der Waals surface area contributed by atoms with Crippen molar-refractivity contribution < 1.29 is 4.79 Å². The Morgan fingerprint density at radius 3 is 3.00 bits per heavy atom. The lowest BCUT2D eigenvalue weighted by molar-refractivity contribution is -0.119. The number of H-pyrrole nitrogens is 1. The van der Waals surface area contributed by atoms with E-state index in [4.69, 9.17) is 0 Å². The van der Waals surface area contributed by atoms with Crippen molar-refractivity contribution in [2.24, 2.45) is 0 Å². The number of carbonyl (C=O) groups excluding carboxylic acids is 1. The summed E-state index contributed by atoms with van der Waals surface area (Å²) in [5, 5.41) is 7.09. The number of aryl methyl sites for hydroxylation is 2. The topological polar surface area (TPSA) is 92.7 Å². The lowest BCUT2D eigenvalue weighted by atomic mass is 10.2. The van der Waals surface area contributed by atoms with Gasteiger partial charge in [0.2, 0.25) is 5.95 Å². The second-order valence-electron chi connectivity index (χ2n) is 6.02. The summed E-state index contributed by atoms with van der Waals surface area (Å²) in [6, 6.07) is 8.40. The van der Waals surface area contributed by atoms with E-state index in [0.717, 1.165) is 41.6 Å². The molecule has 0 saturated heterocycles. The molecule has 2 heterocycles. The van der Waals surface area contributed by atoms with Gasteiger partial charge in [-0.15, -0.1) is 0 Å². The average molecular weight is 323 g/mol. The Balaban J connectivity index is 1.59. The zero-order valence-electron chi connectivity index (χ0n) is 13.2. The minimum Gasteiger partial charge on any atom is -0.324 e. The maximum atomic E-state index is 12.5. The number of nitrogens with zero attached hydrogens (tertiary/aromatic N) is 3. The van der Waals surface area contributed by atoms with Crippen molar-refractivity contribution in [3.63, 3.8) is 0 Å². The molecule has 0 aliphatic heterocycles. The molecule has 0 bridgehead atoms. The Labute approximate surface area is 137 Å². The van der Waals surface area contributed by atoms with Crippen LogP contribution < -0.4 is 10.9 Å². The van der Waals surface area contributed by atoms with Crippen molar-refractivity contribution in [1.82, 2.24) is 19.7 Å². The van der Waals surface area contributed by atoms with Crippen molar-refractivity contribution in [3.8, 4) is 0 Å². The Hall–Kier alpha value is -2.96. The minimum atomic E-state index is -0.711. The highest BCUT2D eigenvalue weighted by Gasteiger charge is 2.22. The number of benzene rings is 1. The van der Waals surface area contributed by atoms with Crippen LogP contribution in [0.3, 0.4) is 0 Å². The highest BCUT2D eigenvalue weighted by molar-refractivity contribution is 5.93. The number of imidazole rings is 1. The number of aromatic amines is 1. The fourth-order valence-corrected chi connectivity index (χ4v) is 3.04. The van der Waals surface area contributed by atoms with E-state index in [-0.39, 0.29) is 11.5 Å². The predicted octanol–water partition coefficient (Wildman–Crippen LogP) is 1.81. The van der Waals surface area contributed by atoms with Crippen LogP contribution in [-0.2, 0) is 17.6 Å². The zero-order valence-corrected chi connectivity index (χ0v) is 13.2. The largest absolute Gasteiger partial charge is 0.324 e. The van der Waals surface area contributed by atoms with Crippen LogP contribution in [0.2, 0.25) is 0 Å². The standard InChI is InChI=1S/C17H17N5O2/c1-10(22-15(23)9-11-5-4-8-12(11)21-22)16(24)20-17-18-13-6-2-3-7-14(13)19-17/h2-3,6-7,9-10H,4-5,8H2,1H3,(H2,18,19,20,24). The Bertz CT molecular complexity index is 955. The van der Waals surface area contributed by atoms with Crippen molar-refractivity contribution in [3.05, 3.63) is 51.9 Å². The minimum absolute atomic E-state index is 0.247. The first-order chi connectivity index (χ1) is 11.6. The molecular weight excluding hydrogens is 306 g/mol. The molecule has 7 nitrogen and oxygen atoms in total. The summed E-state index contributed by atoms with van der Waals surface area (Å²) in [5.74, 6) is 0.0314. The number of hydrogen-bond acceptors (Lipinski definition) is 4. The van der Waals surface area contributed by atoms with Crippen LogP contribution in [0.15, 0.2) is 35.1 Å². The van der Waals surface area contributed by atoms with Crippen molar-refractivity contribution in [2.45, 2.75) is 32.2 Å². The number of anilines is 1. The number of fused-ring (bicyclic) bond motifs is 2. The zero-order chi connectivity index (χ0) is 16.7. The summed E-state index contributed by atoms with van der Waals surface area (Å²) >= 11 is 0. The van der Waals surface area contributed by atoms with Gasteiger partial charge in [0.25, 0.3) is 11.5 Å². The average Bonchev–Trinajstić information content (AvgIpc) is 3.18. The fourth-order valence-electron chi connectivity index (χ4n) is 3.04. The monoisotopic (exact) mass is 323 g/mol. The molecule has 2 aromatic heterocycles. The first-order valence-electron chi connectivity index (χ1n) is 7.99. The van der Waals surface area contributed by atoms with Gasteiger partial charge in [0.1, 0.15) is 6.04 Å². The number of amides is 1. The number of carbonyl (C=O) groups is 1. The van der Waals surface area contributed by atoms with Gasteiger partial charge in [-0.25, -0.2) is 9.67 Å². The molecule has 1 aliphatic carbocycles. The highest BCUT2D eigenvalue weighted by atomic mass is 16.2. The van der Waals surface area contributed by atoms with Gasteiger partial charge in [-0.05, 0) is 43.9 Å². The summed E-state index contributed by atoms with van der Waals surface area (Å²) in [6.07, 6.45) is 2.75. The molecule has 0 radical (unpaired) electrons. The summed E-state index contributed by atoms with van der Waals surface area (Å²) in [7, 11) is 0. The van der Waals surface area contributed by atoms with Crippen molar-refractivity contribution >= 4 is 22.9 Å². The molecule has 4 rings (SSSR count). The summed E-state index contributed by atoms with van der Waals surface area (Å²) in [6.45, 7) is 1.66. The van der Waals surface area contributed by atoms with E-state index in [1.807, 2.05) is 24.3 Å². The third-order valence-corrected chi connectivity index (χ3v) is 4.36. The van der Waals surface area contributed by atoms with E-state index < -0.39 is 6.04 Å². The van der Waals surface area contributed by atoms with E-state index >= 15 is 0 Å². The smallest absolute Gasteiger partial charge is 0.267 e. The van der Waals surface area contributed by atoms with Gasteiger partial charge in [-0.1, -0.05) is 12.1 Å². The first-order valence-corrected chi connectivity index (χ1v) is 7.99. The van der Waals surface area contributed by atoms with E-state index in [0.29, 0.717) is 5.95 Å². The molecule has 1 amide bonds. The quantitative estimate of drug-likeness (QED) is 0.769. The summed E-state index contributed by atoms with van der Waals surface area (Å²) < 4.78 is 1.25. The highest BCUT2D eigenvalue weighted by Crippen LogP contribution is 2.18. The lowest BCUT2D eigenvalue weighted by Gasteiger charge is -2.14. The maximum Gasteiger partial charge on any atom is 0.267 e. The molecule has 2 N–H and O–H groups in total. The molecule has 0 fully saturated rings. The molecule has 1 unspecified atom stereocenters. The van der Waals surface area contributed by atoms with Gasteiger partial charge in [0.15, 0.2) is 0 Å². The number of hydrogen-bond donors (Lipinski definition) is 2. The fraction of sp³-hybridized carbons (Fsp3) is 0.294. The van der Waals surface area contributed by atoms with Crippen LogP contribution >= 0.6 is 0 Å². The van der Waals surface area contributed by atoms with E-state index in [1.165, 1.54) is 4.68 Å². The third kappa shape index (κ3) is 2.47. The van der Waals surface area contributed by atoms with Gasteiger partial charge in [0, 0.05) is 6.07 Å². The van der Waals surface area contributed by atoms with Gasteiger partial charge in [-0.3, -0.25) is 14.9 Å². The number of rotatable bonds is 3. The predicted molar refractivity (Wildman–Crippen MR) is 90.0 cm³/mol. The summed E-state index contributed by atoms with van der Waals surface area (Å²) in [5.41, 5.74) is 3.28. The molecule has 3 aromatic rings. The maximum absolute atomic E-state index is 12.5. The molecule has 7 heteroatoms. The molecule has 1 aliphatic rings. The molecule has 122 valence electrons. The number of nitrogens with one attached hydrogen (secondary N) is 2. The lowest BCUT2D eigenvalue weighted by Crippen LogP contribution is -2.34. The van der Waals surface area contributed by atoms with Crippen LogP contribution in [0.4, 0.5) is 5.95 Å². The van der Waals surface area contributed by atoms with Gasteiger partial charge >= 0.3 is 0 Å². The first kappa shape index (κ1) is 14.6. The second kappa shape index (κ2) is 5.59. The van der Waals surface area contributed by atoms with Crippen molar-refractivity contribution in [1.29, 1.82) is 0 Å². The van der Waals surface area contributed by atoms with Crippen LogP contribution in [0.1, 0.15) is 30.6 Å². The van der Waals surface area contributed by atoms with Crippen LogP contribution in [-0.4, -0.2) is 25.7 Å². The molecule has 1 aromatic carbocycles. The van der Waals surface area contributed by atoms with E-state index in [1.54, 1.807) is 13.0 Å². The molecular formula is C17H17N5O2. The van der Waals surface area contributed by atoms with Crippen LogP contribution in [0.25, 0.3) is 11.0 Å². The van der Waals surface area contributed by atoms with Gasteiger partial charge in [0.05, 0.1) is 16.7 Å². The van der Waals surface area contributed by atoms with E-state index in [9.17, 15) is 9.59 Å². The van der Waals surface area contributed by atoms with Crippen LogP contribution in [0.5, 0.6) is 0 Å².